The molecule has 1 unspecified atom stereocenters. The normalized spacial score (nSPS) is 19.7. The Morgan fingerprint density at radius 1 is 1.53 bits per heavy atom. The van der Waals surface area contributed by atoms with Gasteiger partial charge in [-0.15, -0.1) is 0 Å². The molecule has 0 aliphatic carbocycles. The third kappa shape index (κ3) is 2.67. The van der Waals surface area contributed by atoms with Gasteiger partial charge < -0.3 is 15.0 Å². The summed E-state index contributed by atoms with van der Waals surface area (Å²) in [7, 11) is 0. The summed E-state index contributed by atoms with van der Waals surface area (Å²) in [6, 6.07) is 5.73. The lowest BCUT2D eigenvalue weighted by molar-refractivity contribution is 0.0676. The van der Waals surface area contributed by atoms with Crippen LogP contribution in [0.4, 0.5) is 0 Å². The molecule has 1 aliphatic rings. The van der Waals surface area contributed by atoms with E-state index in [1.54, 1.807) is 0 Å². The van der Waals surface area contributed by atoms with Crippen molar-refractivity contribution in [1.29, 1.82) is 0 Å². The monoisotopic (exact) mass is 259 g/mol. The number of ketones is 1. The Bertz CT molecular complexity index is 600. The van der Waals surface area contributed by atoms with Gasteiger partial charge in [0.25, 0.3) is 0 Å². The zero-order valence-corrected chi connectivity index (χ0v) is 10.9. The fourth-order valence-electron chi connectivity index (χ4n) is 2.40. The van der Waals surface area contributed by atoms with Crippen LogP contribution in [-0.2, 0) is 4.74 Å². The van der Waals surface area contributed by atoms with E-state index in [9.17, 15) is 4.79 Å². The fourth-order valence-corrected chi connectivity index (χ4v) is 2.40. The molecule has 2 heterocycles. The Labute approximate surface area is 111 Å². The van der Waals surface area contributed by atoms with Gasteiger partial charge in [-0.05, 0) is 25.1 Å². The number of ether oxygens (including phenoxy) is 1. The minimum Gasteiger partial charge on any atom is -0.378 e. The second kappa shape index (κ2) is 5.11. The molecule has 1 atom stereocenters. The Balaban J connectivity index is 1.76. The van der Waals surface area contributed by atoms with Gasteiger partial charge in [-0.1, -0.05) is 0 Å². The number of carbonyl (C=O) groups excluding carboxylic acids is 1. The summed E-state index contributed by atoms with van der Waals surface area (Å²) in [4.78, 5) is 19.7. The highest BCUT2D eigenvalue weighted by atomic mass is 16.5. The van der Waals surface area contributed by atoms with Gasteiger partial charge in [-0.3, -0.25) is 4.79 Å². The number of benzene rings is 1. The zero-order chi connectivity index (χ0) is 13.2. The first-order valence-corrected chi connectivity index (χ1v) is 6.53. The average Bonchev–Trinajstić information content (AvgIpc) is 2.78. The number of rotatable bonds is 3. The summed E-state index contributed by atoms with van der Waals surface area (Å²) < 4.78 is 5.36. The first kappa shape index (κ1) is 12.3. The molecule has 1 fully saturated rings. The number of aromatic nitrogens is 2. The van der Waals surface area contributed by atoms with Gasteiger partial charge in [0.15, 0.2) is 5.78 Å². The lowest BCUT2D eigenvalue weighted by Gasteiger charge is -2.23. The number of aromatic amines is 1. The van der Waals surface area contributed by atoms with Crippen LogP contribution in [0.3, 0.4) is 0 Å². The molecule has 3 rings (SSSR count). The molecule has 5 nitrogen and oxygen atoms in total. The zero-order valence-electron chi connectivity index (χ0n) is 10.9. The number of morpholine rings is 1. The fraction of sp³-hybridized carbons (Fsp3) is 0.429. The van der Waals surface area contributed by atoms with Crippen LogP contribution in [0.15, 0.2) is 18.2 Å². The summed E-state index contributed by atoms with van der Waals surface area (Å²) in [5.41, 5.74) is 2.54. The molecule has 2 aromatic rings. The van der Waals surface area contributed by atoms with E-state index in [0.717, 1.165) is 35.6 Å². The van der Waals surface area contributed by atoms with Crippen LogP contribution < -0.4 is 5.32 Å². The molecule has 1 aromatic heterocycles. The number of aryl methyl sites for hydroxylation is 1. The van der Waals surface area contributed by atoms with E-state index >= 15 is 0 Å². The van der Waals surface area contributed by atoms with Crippen molar-refractivity contribution in [3.63, 3.8) is 0 Å². The number of H-pyrrole nitrogens is 1. The van der Waals surface area contributed by atoms with Crippen LogP contribution in [0.25, 0.3) is 11.0 Å². The first-order chi connectivity index (χ1) is 9.22. The molecule has 19 heavy (non-hydrogen) atoms. The molecule has 100 valence electrons. The summed E-state index contributed by atoms with van der Waals surface area (Å²) in [5, 5.41) is 3.30. The van der Waals surface area contributed by atoms with Crippen molar-refractivity contribution < 1.29 is 9.53 Å². The van der Waals surface area contributed by atoms with Crippen molar-refractivity contribution in [1.82, 2.24) is 15.3 Å². The lowest BCUT2D eigenvalue weighted by atomic mass is 10.0. The van der Waals surface area contributed by atoms with E-state index < -0.39 is 0 Å². The molecular weight excluding hydrogens is 242 g/mol. The second-order valence-electron chi connectivity index (χ2n) is 4.91. The number of carbonyl (C=O) groups is 1. The highest BCUT2D eigenvalue weighted by Crippen LogP contribution is 2.15. The van der Waals surface area contributed by atoms with Crippen LogP contribution in [0, 0.1) is 6.92 Å². The summed E-state index contributed by atoms with van der Waals surface area (Å²) in [6.07, 6.45) is 0.471. The van der Waals surface area contributed by atoms with E-state index in [4.69, 9.17) is 4.74 Å². The molecule has 0 saturated carbocycles. The second-order valence-corrected chi connectivity index (χ2v) is 4.91. The number of hydrogen-bond donors (Lipinski definition) is 2. The van der Waals surface area contributed by atoms with Gasteiger partial charge in [0.05, 0.1) is 24.2 Å². The van der Waals surface area contributed by atoms with E-state index in [-0.39, 0.29) is 11.8 Å². The highest BCUT2D eigenvalue weighted by Gasteiger charge is 2.18. The van der Waals surface area contributed by atoms with Gasteiger partial charge in [0.1, 0.15) is 5.82 Å². The minimum atomic E-state index is 0.125. The number of nitrogens with zero attached hydrogens (tertiary/aromatic N) is 1. The van der Waals surface area contributed by atoms with E-state index in [1.165, 1.54) is 0 Å². The SMILES string of the molecule is Cc1nc2ccc(C(=O)CC3COCCN3)cc2[nH]1. The predicted octanol–water partition coefficient (Wildman–Crippen LogP) is 1.43. The lowest BCUT2D eigenvalue weighted by Crippen LogP contribution is -2.42. The van der Waals surface area contributed by atoms with Crippen LogP contribution in [0.1, 0.15) is 22.6 Å². The highest BCUT2D eigenvalue weighted by molar-refractivity contribution is 5.99. The summed E-state index contributed by atoms with van der Waals surface area (Å²) in [5.74, 6) is 0.999. The van der Waals surface area contributed by atoms with E-state index in [2.05, 4.69) is 15.3 Å². The number of imidazole rings is 1. The number of Topliss-reactive ketones (excluding diaryl/α,β-unsaturated/α-hetero) is 1. The molecule has 5 heteroatoms. The Morgan fingerprint density at radius 2 is 2.42 bits per heavy atom. The van der Waals surface area contributed by atoms with Crippen molar-refractivity contribution in [3.8, 4) is 0 Å². The number of fused-ring (bicyclic) bond motifs is 1. The number of hydrogen-bond acceptors (Lipinski definition) is 4. The Kier molecular flexibility index (Phi) is 3.31. The van der Waals surface area contributed by atoms with Crippen LogP contribution in [-0.4, -0.2) is 41.6 Å². The van der Waals surface area contributed by atoms with Crippen molar-refractivity contribution in [2.45, 2.75) is 19.4 Å². The van der Waals surface area contributed by atoms with E-state index in [1.807, 2.05) is 25.1 Å². The molecule has 1 aliphatic heterocycles. The average molecular weight is 259 g/mol. The molecule has 2 N–H and O–H groups in total. The van der Waals surface area contributed by atoms with Crippen molar-refractivity contribution in [2.24, 2.45) is 0 Å². The maximum atomic E-state index is 12.2. The standard InChI is InChI=1S/C14H17N3O2/c1-9-16-12-3-2-10(6-13(12)17-9)14(18)7-11-8-19-5-4-15-11/h2-3,6,11,15H,4-5,7-8H2,1H3,(H,16,17). The third-order valence-corrected chi connectivity index (χ3v) is 3.35. The van der Waals surface area contributed by atoms with Gasteiger partial charge in [-0.25, -0.2) is 4.98 Å². The van der Waals surface area contributed by atoms with Crippen LogP contribution in [0.5, 0.6) is 0 Å². The minimum absolute atomic E-state index is 0.125. The maximum Gasteiger partial charge on any atom is 0.164 e. The first-order valence-electron chi connectivity index (χ1n) is 6.53. The van der Waals surface area contributed by atoms with Crippen molar-refractivity contribution in [3.05, 3.63) is 29.6 Å². The molecule has 0 amide bonds. The summed E-state index contributed by atoms with van der Waals surface area (Å²) in [6.45, 7) is 4.06. The predicted molar refractivity (Wildman–Crippen MR) is 72.4 cm³/mol. The quantitative estimate of drug-likeness (QED) is 0.818. The molecule has 0 spiro atoms. The third-order valence-electron chi connectivity index (χ3n) is 3.35. The van der Waals surface area contributed by atoms with Crippen molar-refractivity contribution in [2.75, 3.05) is 19.8 Å². The van der Waals surface area contributed by atoms with Crippen LogP contribution in [0.2, 0.25) is 0 Å². The van der Waals surface area contributed by atoms with Crippen molar-refractivity contribution >= 4 is 16.8 Å². The van der Waals surface area contributed by atoms with Gasteiger partial charge in [-0.2, -0.15) is 0 Å². The summed E-state index contributed by atoms with van der Waals surface area (Å²) >= 11 is 0. The van der Waals surface area contributed by atoms with Gasteiger partial charge in [0, 0.05) is 24.6 Å². The van der Waals surface area contributed by atoms with Gasteiger partial charge in [0.2, 0.25) is 0 Å². The maximum absolute atomic E-state index is 12.2. The number of nitrogens with one attached hydrogen (secondary N) is 2. The smallest absolute Gasteiger partial charge is 0.164 e. The molecule has 1 aromatic carbocycles. The largest absolute Gasteiger partial charge is 0.378 e. The van der Waals surface area contributed by atoms with E-state index in [0.29, 0.717) is 13.0 Å². The molecule has 1 saturated heterocycles. The van der Waals surface area contributed by atoms with Gasteiger partial charge >= 0.3 is 0 Å². The van der Waals surface area contributed by atoms with Crippen LogP contribution >= 0.6 is 0 Å². The topological polar surface area (TPSA) is 67.0 Å². The Hall–Kier alpha value is -1.72. The molecule has 0 radical (unpaired) electrons. The molecule has 0 bridgehead atoms. The Morgan fingerprint density at radius 3 is 3.21 bits per heavy atom. The molecular formula is C14H17N3O2.